The average Bonchev–Trinajstić information content (AvgIpc) is 2.78. The largest absolute Gasteiger partial charge is 0.333 e. The number of carbonyl (C=O) groups is 1. The van der Waals surface area contributed by atoms with E-state index in [1.54, 1.807) is 0 Å². The Hall–Kier alpha value is -1.16. The van der Waals surface area contributed by atoms with Crippen molar-refractivity contribution in [3.05, 3.63) is 18.2 Å². The molecule has 1 fully saturated rings. The van der Waals surface area contributed by atoms with E-state index >= 15 is 0 Å². The second-order valence-corrected chi connectivity index (χ2v) is 4.75. The van der Waals surface area contributed by atoms with Gasteiger partial charge in [0.1, 0.15) is 6.29 Å². The van der Waals surface area contributed by atoms with Gasteiger partial charge in [0.15, 0.2) is 0 Å². The van der Waals surface area contributed by atoms with Gasteiger partial charge in [-0.2, -0.15) is 0 Å². The predicted octanol–water partition coefficient (Wildman–Crippen LogP) is 1.85. The van der Waals surface area contributed by atoms with Crippen molar-refractivity contribution in [3.8, 4) is 0 Å². The van der Waals surface area contributed by atoms with Crippen LogP contribution in [0.1, 0.15) is 38.3 Å². The average molecular weight is 235 g/mol. The summed E-state index contributed by atoms with van der Waals surface area (Å²) in [4.78, 5) is 17.5. The van der Waals surface area contributed by atoms with Gasteiger partial charge in [0, 0.05) is 19.3 Å². The molecule has 0 amide bonds. The molecule has 4 heteroatoms. The fourth-order valence-corrected chi connectivity index (χ4v) is 2.50. The van der Waals surface area contributed by atoms with Crippen molar-refractivity contribution in [2.24, 2.45) is 0 Å². The lowest BCUT2D eigenvalue weighted by Crippen LogP contribution is -2.40. The molecule has 2 heterocycles. The molecule has 2 rings (SSSR count). The van der Waals surface area contributed by atoms with Gasteiger partial charge < -0.3 is 9.36 Å². The number of likely N-dealkylation sites (tertiary alicyclic amines) is 1. The summed E-state index contributed by atoms with van der Waals surface area (Å²) in [6.07, 6.45) is 9.40. The number of hydrogen-bond donors (Lipinski definition) is 0. The van der Waals surface area contributed by atoms with Crippen LogP contribution >= 0.6 is 0 Å². The van der Waals surface area contributed by atoms with E-state index in [2.05, 4.69) is 21.4 Å². The van der Waals surface area contributed by atoms with Gasteiger partial charge in [0.05, 0.1) is 18.1 Å². The highest BCUT2D eigenvalue weighted by atomic mass is 16.1. The summed E-state index contributed by atoms with van der Waals surface area (Å²) >= 11 is 0. The zero-order valence-corrected chi connectivity index (χ0v) is 10.5. The number of aldehydes is 1. The third-order valence-corrected chi connectivity index (χ3v) is 3.45. The van der Waals surface area contributed by atoms with E-state index in [0.717, 1.165) is 38.8 Å². The maximum Gasteiger partial charge on any atom is 0.137 e. The van der Waals surface area contributed by atoms with Crippen molar-refractivity contribution in [2.75, 3.05) is 6.54 Å². The van der Waals surface area contributed by atoms with Gasteiger partial charge in [-0.1, -0.05) is 13.3 Å². The molecule has 94 valence electrons. The van der Waals surface area contributed by atoms with Crippen LogP contribution in [0.3, 0.4) is 0 Å². The van der Waals surface area contributed by atoms with Crippen LogP contribution in [0.25, 0.3) is 0 Å². The first-order chi connectivity index (χ1) is 8.35. The van der Waals surface area contributed by atoms with Crippen LogP contribution in [-0.4, -0.2) is 33.3 Å². The maximum absolute atomic E-state index is 11.0. The van der Waals surface area contributed by atoms with Gasteiger partial charge in [-0.05, 0) is 25.8 Å². The van der Waals surface area contributed by atoms with Gasteiger partial charge in [-0.25, -0.2) is 4.98 Å². The first-order valence-corrected chi connectivity index (χ1v) is 6.53. The quantitative estimate of drug-likeness (QED) is 0.731. The minimum Gasteiger partial charge on any atom is -0.333 e. The van der Waals surface area contributed by atoms with Crippen LogP contribution in [0.15, 0.2) is 12.5 Å². The first-order valence-electron chi connectivity index (χ1n) is 6.53. The van der Waals surface area contributed by atoms with Gasteiger partial charge in [-0.15, -0.1) is 0 Å². The second-order valence-electron chi connectivity index (χ2n) is 4.75. The summed E-state index contributed by atoms with van der Waals surface area (Å²) in [5, 5.41) is 0. The summed E-state index contributed by atoms with van der Waals surface area (Å²) < 4.78 is 2.19. The monoisotopic (exact) mass is 235 g/mol. The molecule has 1 aromatic rings. The van der Waals surface area contributed by atoms with E-state index in [9.17, 15) is 4.79 Å². The lowest BCUT2D eigenvalue weighted by atomic mass is 10.0. The van der Waals surface area contributed by atoms with Gasteiger partial charge in [-0.3, -0.25) is 4.90 Å². The van der Waals surface area contributed by atoms with Crippen molar-refractivity contribution in [1.82, 2.24) is 14.5 Å². The van der Waals surface area contributed by atoms with E-state index in [-0.39, 0.29) is 6.04 Å². The van der Waals surface area contributed by atoms with Crippen molar-refractivity contribution in [3.63, 3.8) is 0 Å². The molecular weight excluding hydrogens is 214 g/mol. The molecule has 0 saturated carbocycles. The standard InChI is InChI=1S/C13H21N3O/c1-2-6-16-11-14-8-13(16)9-15-7-4-3-5-12(15)10-17/h8,10-12H,2-7,9H2,1H3. The van der Waals surface area contributed by atoms with Crippen molar-refractivity contribution < 1.29 is 4.79 Å². The van der Waals surface area contributed by atoms with Crippen LogP contribution in [0.2, 0.25) is 0 Å². The van der Waals surface area contributed by atoms with Crippen LogP contribution in [-0.2, 0) is 17.9 Å². The molecular formula is C13H21N3O. The predicted molar refractivity (Wildman–Crippen MR) is 66.6 cm³/mol. The Bertz CT molecular complexity index is 361. The molecule has 1 aliphatic rings. The number of imidazole rings is 1. The molecule has 1 saturated heterocycles. The fraction of sp³-hybridized carbons (Fsp3) is 0.692. The lowest BCUT2D eigenvalue weighted by molar-refractivity contribution is -0.113. The summed E-state index contributed by atoms with van der Waals surface area (Å²) in [7, 11) is 0. The summed E-state index contributed by atoms with van der Waals surface area (Å²) in [5.41, 5.74) is 1.22. The van der Waals surface area contributed by atoms with Crippen LogP contribution in [0.5, 0.6) is 0 Å². The summed E-state index contributed by atoms with van der Waals surface area (Å²) in [6, 6.07) is 0.105. The third-order valence-electron chi connectivity index (χ3n) is 3.45. The Labute approximate surface area is 103 Å². The highest BCUT2D eigenvalue weighted by Crippen LogP contribution is 2.18. The highest BCUT2D eigenvalue weighted by Gasteiger charge is 2.22. The zero-order valence-electron chi connectivity index (χ0n) is 10.5. The van der Waals surface area contributed by atoms with Crippen molar-refractivity contribution in [1.29, 1.82) is 0 Å². The Kier molecular flexibility index (Phi) is 4.31. The molecule has 17 heavy (non-hydrogen) atoms. The van der Waals surface area contributed by atoms with E-state index in [1.807, 2.05) is 12.5 Å². The number of nitrogens with zero attached hydrogens (tertiary/aromatic N) is 3. The number of aromatic nitrogens is 2. The number of carbonyl (C=O) groups excluding carboxylic acids is 1. The molecule has 0 N–H and O–H groups in total. The highest BCUT2D eigenvalue weighted by molar-refractivity contribution is 5.57. The Morgan fingerprint density at radius 3 is 3.18 bits per heavy atom. The first kappa shape index (κ1) is 12.3. The number of rotatable bonds is 5. The molecule has 1 unspecified atom stereocenters. The maximum atomic E-state index is 11.0. The smallest absolute Gasteiger partial charge is 0.137 e. The van der Waals surface area contributed by atoms with E-state index < -0.39 is 0 Å². The summed E-state index contributed by atoms with van der Waals surface area (Å²) in [5.74, 6) is 0. The molecule has 0 bridgehead atoms. The van der Waals surface area contributed by atoms with E-state index in [4.69, 9.17) is 0 Å². The summed E-state index contributed by atoms with van der Waals surface area (Å²) in [6.45, 7) is 5.05. The molecule has 0 aromatic carbocycles. The van der Waals surface area contributed by atoms with Crippen LogP contribution in [0, 0.1) is 0 Å². The van der Waals surface area contributed by atoms with Gasteiger partial charge >= 0.3 is 0 Å². The van der Waals surface area contributed by atoms with E-state index in [1.165, 1.54) is 18.5 Å². The van der Waals surface area contributed by atoms with Crippen molar-refractivity contribution in [2.45, 2.75) is 51.7 Å². The minimum atomic E-state index is 0.105. The number of hydrogen-bond acceptors (Lipinski definition) is 3. The molecule has 4 nitrogen and oxygen atoms in total. The molecule has 1 aromatic heterocycles. The topological polar surface area (TPSA) is 38.1 Å². The third kappa shape index (κ3) is 2.94. The number of piperidine rings is 1. The fourth-order valence-electron chi connectivity index (χ4n) is 2.50. The SMILES string of the molecule is CCCn1cncc1CN1CCCCC1C=O. The normalized spacial score (nSPS) is 21.6. The Morgan fingerprint density at radius 2 is 2.41 bits per heavy atom. The minimum absolute atomic E-state index is 0.105. The molecule has 0 aliphatic carbocycles. The van der Waals surface area contributed by atoms with E-state index in [0.29, 0.717) is 0 Å². The lowest BCUT2D eigenvalue weighted by Gasteiger charge is -2.32. The van der Waals surface area contributed by atoms with Gasteiger partial charge in [0.2, 0.25) is 0 Å². The molecule has 1 atom stereocenters. The molecule has 0 radical (unpaired) electrons. The Balaban J connectivity index is 2.02. The number of aryl methyl sites for hydroxylation is 1. The molecule has 0 spiro atoms. The Morgan fingerprint density at radius 1 is 1.53 bits per heavy atom. The molecule has 1 aliphatic heterocycles. The van der Waals surface area contributed by atoms with Crippen molar-refractivity contribution >= 4 is 6.29 Å². The second kappa shape index (κ2) is 5.96. The van der Waals surface area contributed by atoms with Crippen LogP contribution in [0.4, 0.5) is 0 Å². The zero-order chi connectivity index (χ0) is 12.1. The van der Waals surface area contributed by atoms with Gasteiger partial charge in [0.25, 0.3) is 0 Å². The van der Waals surface area contributed by atoms with Crippen LogP contribution < -0.4 is 0 Å².